The first-order valence-corrected chi connectivity index (χ1v) is 9.30. The molecule has 1 amide bonds. The van der Waals surface area contributed by atoms with Gasteiger partial charge in [0.1, 0.15) is 5.60 Å². The van der Waals surface area contributed by atoms with Gasteiger partial charge in [-0.15, -0.1) is 0 Å². The molecule has 0 bridgehead atoms. The van der Waals surface area contributed by atoms with Gasteiger partial charge in [-0.3, -0.25) is 4.79 Å². The second kappa shape index (κ2) is 7.37. The van der Waals surface area contributed by atoms with Crippen LogP contribution in [0.15, 0.2) is 91.0 Å². The third-order valence-corrected chi connectivity index (χ3v) is 5.18. The summed E-state index contributed by atoms with van der Waals surface area (Å²) in [6.07, 6.45) is -0.00508. The summed E-state index contributed by atoms with van der Waals surface area (Å²) in [5, 5.41) is 0. The minimum absolute atomic E-state index is 0.00508. The van der Waals surface area contributed by atoms with E-state index in [-0.39, 0.29) is 12.0 Å². The third-order valence-electron chi connectivity index (χ3n) is 5.18. The molecule has 0 aromatic heterocycles. The second-order valence-corrected chi connectivity index (χ2v) is 6.94. The molecule has 27 heavy (non-hydrogen) atoms. The Bertz CT molecular complexity index is 791. The number of nitrogens with zero attached hydrogens (tertiary/aromatic N) is 1. The molecule has 1 fully saturated rings. The molecule has 3 aromatic carbocycles. The Hall–Kier alpha value is -2.91. The zero-order valence-electron chi connectivity index (χ0n) is 15.4. The second-order valence-electron chi connectivity index (χ2n) is 6.94. The van der Waals surface area contributed by atoms with Gasteiger partial charge in [-0.05, 0) is 16.7 Å². The summed E-state index contributed by atoms with van der Waals surface area (Å²) in [5.74, 6) is 0.0968. The first-order chi connectivity index (χ1) is 13.2. The minimum Gasteiger partial charge on any atom is -0.354 e. The van der Waals surface area contributed by atoms with Gasteiger partial charge in [0.05, 0.1) is 6.10 Å². The quantitative estimate of drug-likeness (QED) is 0.640. The fourth-order valence-corrected chi connectivity index (χ4v) is 3.74. The number of carbonyl (C=O) groups excluding carboxylic acids is 1. The molecule has 3 nitrogen and oxygen atoms in total. The van der Waals surface area contributed by atoms with Crippen molar-refractivity contribution in [1.29, 1.82) is 0 Å². The first-order valence-electron chi connectivity index (χ1n) is 9.30. The number of hydrogen-bond donors (Lipinski definition) is 0. The molecule has 1 saturated heterocycles. The van der Waals surface area contributed by atoms with E-state index in [4.69, 9.17) is 4.74 Å². The Morgan fingerprint density at radius 1 is 0.778 bits per heavy atom. The van der Waals surface area contributed by atoms with Crippen LogP contribution in [0.1, 0.15) is 23.6 Å². The van der Waals surface area contributed by atoms with Gasteiger partial charge in [0, 0.05) is 20.0 Å². The average molecular weight is 357 g/mol. The molecular weight excluding hydrogens is 334 g/mol. The Balaban J connectivity index is 1.84. The predicted molar refractivity (Wildman–Crippen MR) is 106 cm³/mol. The van der Waals surface area contributed by atoms with Crippen LogP contribution in [0.5, 0.6) is 0 Å². The van der Waals surface area contributed by atoms with Gasteiger partial charge in [-0.25, -0.2) is 0 Å². The zero-order valence-corrected chi connectivity index (χ0v) is 15.4. The highest BCUT2D eigenvalue weighted by Gasteiger charge is 2.43. The maximum absolute atomic E-state index is 11.6. The summed E-state index contributed by atoms with van der Waals surface area (Å²) in [6.45, 7) is 2.86. The first kappa shape index (κ1) is 17.5. The summed E-state index contributed by atoms with van der Waals surface area (Å²) >= 11 is 0. The van der Waals surface area contributed by atoms with Crippen molar-refractivity contribution in [3.05, 3.63) is 108 Å². The van der Waals surface area contributed by atoms with Crippen LogP contribution in [0.2, 0.25) is 0 Å². The van der Waals surface area contributed by atoms with Crippen LogP contribution in [0, 0.1) is 0 Å². The summed E-state index contributed by atoms with van der Waals surface area (Å²) in [6, 6.07) is 31.0. The number of amides is 1. The van der Waals surface area contributed by atoms with E-state index in [1.807, 2.05) is 59.5 Å². The Labute approximate surface area is 160 Å². The van der Waals surface area contributed by atoms with Gasteiger partial charge >= 0.3 is 0 Å². The Kier molecular flexibility index (Phi) is 4.78. The van der Waals surface area contributed by atoms with E-state index in [0.717, 1.165) is 16.7 Å². The molecule has 3 aromatic rings. The van der Waals surface area contributed by atoms with E-state index in [9.17, 15) is 4.79 Å². The lowest BCUT2D eigenvalue weighted by atomic mass is 9.79. The molecule has 0 saturated carbocycles. The summed E-state index contributed by atoms with van der Waals surface area (Å²) < 4.78 is 6.82. The van der Waals surface area contributed by atoms with Crippen molar-refractivity contribution in [2.24, 2.45) is 0 Å². The summed E-state index contributed by atoms with van der Waals surface area (Å²) in [7, 11) is 0. The zero-order chi connectivity index (χ0) is 18.7. The van der Waals surface area contributed by atoms with Crippen LogP contribution < -0.4 is 0 Å². The molecular formula is C24H23NO2. The molecule has 136 valence electrons. The van der Waals surface area contributed by atoms with Crippen LogP contribution in [0.25, 0.3) is 0 Å². The number of benzene rings is 3. The molecule has 4 rings (SSSR count). The molecule has 0 atom stereocenters. The lowest BCUT2D eigenvalue weighted by molar-refractivity contribution is -0.153. The van der Waals surface area contributed by atoms with Crippen LogP contribution in [0.3, 0.4) is 0 Å². The van der Waals surface area contributed by atoms with E-state index >= 15 is 0 Å². The van der Waals surface area contributed by atoms with Crippen LogP contribution >= 0.6 is 0 Å². The predicted octanol–water partition coefficient (Wildman–Crippen LogP) is 4.23. The SMILES string of the molecule is CC(=O)N1CC(OC(c2ccccc2)(c2ccccc2)c2ccccc2)C1. The van der Waals surface area contributed by atoms with Crippen molar-refractivity contribution < 1.29 is 9.53 Å². The molecule has 0 radical (unpaired) electrons. The van der Waals surface area contributed by atoms with Crippen molar-refractivity contribution in [3.63, 3.8) is 0 Å². The van der Waals surface area contributed by atoms with Crippen molar-refractivity contribution >= 4 is 5.91 Å². The molecule has 0 N–H and O–H groups in total. The molecule has 1 aliphatic rings. The van der Waals surface area contributed by atoms with Gasteiger partial charge in [0.15, 0.2) is 0 Å². The van der Waals surface area contributed by atoms with Crippen LogP contribution in [0.4, 0.5) is 0 Å². The summed E-state index contributed by atoms with van der Waals surface area (Å²) in [4.78, 5) is 13.4. The van der Waals surface area contributed by atoms with E-state index in [1.165, 1.54) is 0 Å². The van der Waals surface area contributed by atoms with E-state index in [2.05, 4.69) is 36.4 Å². The number of ether oxygens (including phenoxy) is 1. The maximum Gasteiger partial charge on any atom is 0.219 e. The highest BCUT2D eigenvalue weighted by molar-refractivity contribution is 5.74. The fourth-order valence-electron chi connectivity index (χ4n) is 3.74. The maximum atomic E-state index is 11.6. The van der Waals surface area contributed by atoms with Crippen molar-refractivity contribution in [2.45, 2.75) is 18.6 Å². The number of likely N-dealkylation sites (tertiary alicyclic amines) is 1. The largest absolute Gasteiger partial charge is 0.354 e. The Morgan fingerprint density at radius 3 is 1.48 bits per heavy atom. The minimum atomic E-state index is -0.711. The van der Waals surface area contributed by atoms with Gasteiger partial charge in [-0.2, -0.15) is 0 Å². The van der Waals surface area contributed by atoms with Crippen LogP contribution in [-0.4, -0.2) is 30.0 Å². The lowest BCUT2D eigenvalue weighted by Crippen LogP contribution is -2.56. The van der Waals surface area contributed by atoms with Gasteiger partial charge in [-0.1, -0.05) is 91.0 Å². The monoisotopic (exact) mass is 357 g/mol. The van der Waals surface area contributed by atoms with Gasteiger partial charge in [0.2, 0.25) is 5.91 Å². The topological polar surface area (TPSA) is 29.5 Å². The molecule has 1 heterocycles. The molecule has 3 heteroatoms. The van der Waals surface area contributed by atoms with Gasteiger partial charge < -0.3 is 9.64 Å². The fraction of sp³-hybridized carbons (Fsp3) is 0.208. The molecule has 1 aliphatic heterocycles. The smallest absolute Gasteiger partial charge is 0.219 e. The Morgan fingerprint density at radius 2 is 1.15 bits per heavy atom. The van der Waals surface area contributed by atoms with Crippen molar-refractivity contribution in [1.82, 2.24) is 4.90 Å². The number of rotatable bonds is 5. The summed E-state index contributed by atoms with van der Waals surface area (Å²) in [5.41, 5.74) is 2.55. The van der Waals surface area contributed by atoms with Crippen molar-refractivity contribution in [2.75, 3.05) is 13.1 Å². The van der Waals surface area contributed by atoms with E-state index in [0.29, 0.717) is 13.1 Å². The number of carbonyl (C=O) groups is 1. The van der Waals surface area contributed by atoms with Gasteiger partial charge in [0.25, 0.3) is 0 Å². The third kappa shape index (κ3) is 3.26. The van der Waals surface area contributed by atoms with E-state index < -0.39 is 5.60 Å². The lowest BCUT2D eigenvalue weighted by Gasteiger charge is -2.45. The van der Waals surface area contributed by atoms with E-state index in [1.54, 1.807) is 6.92 Å². The number of hydrogen-bond acceptors (Lipinski definition) is 2. The standard InChI is InChI=1S/C24H23NO2/c1-19(26)25-17-23(18-25)27-24(20-11-5-2-6-12-20,21-13-7-3-8-14-21)22-15-9-4-10-16-22/h2-16,23H,17-18H2,1H3. The van der Waals surface area contributed by atoms with Crippen LogP contribution in [-0.2, 0) is 15.1 Å². The molecule has 0 unspecified atom stereocenters. The normalized spacial score (nSPS) is 14.6. The molecule has 0 aliphatic carbocycles. The highest BCUT2D eigenvalue weighted by atomic mass is 16.5. The van der Waals surface area contributed by atoms with Crippen molar-refractivity contribution in [3.8, 4) is 0 Å². The highest BCUT2D eigenvalue weighted by Crippen LogP contribution is 2.42. The molecule has 0 spiro atoms. The average Bonchev–Trinajstić information content (AvgIpc) is 2.69.